The van der Waals surface area contributed by atoms with Gasteiger partial charge >= 0.3 is 5.97 Å². The van der Waals surface area contributed by atoms with Crippen LogP contribution in [0.15, 0.2) is 18.2 Å². The minimum atomic E-state index is -1.02. The van der Waals surface area contributed by atoms with Crippen molar-refractivity contribution in [3.05, 3.63) is 28.8 Å². The molecule has 0 unspecified atom stereocenters. The smallest absolute Gasteiger partial charge is 0.339 e. The van der Waals surface area contributed by atoms with Gasteiger partial charge in [-0.25, -0.2) is 4.79 Å². The highest BCUT2D eigenvalue weighted by atomic mass is 35.5. The van der Waals surface area contributed by atoms with E-state index in [1.54, 1.807) is 18.2 Å². The zero-order chi connectivity index (χ0) is 13.7. The lowest BCUT2D eigenvalue weighted by atomic mass is 10.2. The van der Waals surface area contributed by atoms with Crippen molar-refractivity contribution >= 4 is 23.3 Å². The highest BCUT2D eigenvalue weighted by Gasteiger charge is 2.16. The number of ether oxygens (including phenoxy) is 1. The fourth-order valence-electron chi connectivity index (χ4n) is 2.36. The van der Waals surface area contributed by atoms with Crippen molar-refractivity contribution in [2.24, 2.45) is 0 Å². The van der Waals surface area contributed by atoms with E-state index >= 15 is 0 Å². The summed E-state index contributed by atoms with van der Waals surface area (Å²) in [5.74, 6) is -1.02. The minimum absolute atomic E-state index is 0.116. The molecule has 1 fully saturated rings. The van der Waals surface area contributed by atoms with E-state index in [0.29, 0.717) is 24.9 Å². The summed E-state index contributed by atoms with van der Waals surface area (Å²) in [6.07, 6.45) is 5.14. The molecule has 0 amide bonds. The van der Waals surface area contributed by atoms with E-state index in [9.17, 15) is 4.79 Å². The summed E-state index contributed by atoms with van der Waals surface area (Å²) in [7, 11) is 0. The van der Waals surface area contributed by atoms with Crippen LogP contribution >= 0.6 is 11.6 Å². The molecule has 0 aromatic heterocycles. The number of benzene rings is 1. The van der Waals surface area contributed by atoms with Gasteiger partial charge in [0.1, 0.15) is 5.56 Å². The van der Waals surface area contributed by atoms with Gasteiger partial charge in [-0.15, -0.1) is 0 Å². The van der Waals surface area contributed by atoms with E-state index in [-0.39, 0.29) is 10.6 Å². The second-order valence-corrected chi connectivity index (χ2v) is 5.08. The van der Waals surface area contributed by atoms with Gasteiger partial charge in [0.15, 0.2) is 0 Å². The Bertz CT molecular complexity index is 444. The summed E-state index contributed by atoms with van der Waals surface area (Å²) in [5.41, 5.74) is 0.653. The molecule has 1 aromatic carbocycles. The van der Waals surface area contributed by atoms with Gasteiger partial charge in [-0.05, 0) is 25.0 Å². The van der Waals surface area contributed by atoms with Gasteiger partial charge < -0.3 is 15.2 Å². The van der Waals surface area contributed by atoms with Crippen molar-refractivity contribution in [2.75, 3.05) is 18.5 Å². The first-order valence-corrected chi connectivity index (χ1v) is 6.93. The second kappa shape index (κ2) is 6.78. The number of halogens is 1. The third-order valence-electron chi connectivity index (χ3n) is 3.30. The largest absolute Gasteiger partial charge is 0.478 e. The van der Waals surface area contributed by atoms with Crippen LogP contribution in [-0.2, 0) is 4.74 Å². The van der Waals surface area contributed by atoms with E-state index < -0.39 is 5.97 Å². The van der Waals surface area contributed by atoms with Gasteiger partial charge in [0.05, 0.1) is 23.4 Å². The molecule has 19 heavy (non-hydrogen) atoms. The Morgan fingerprint density at radius 1 is 1.42 bits per heavy atom. The maximum absolute atomic E-state index is 11.1. The van der Waals surface area contributed by atoms with Gasteiger partial charge in [0.25, 0.3) is 0 Å². The normalized spacial score (nSPS) is 15.6. The van der Waals surface area contributed by atoms with Crippen LogP contribution < -0.4 is 5.32 Å². The molecule has 0 spiro atoms. The summed E-state index contributed by atoms with van der Waals surface area (Å²) in [4.78, 5) is 11.1. The number of carboxylic acids is 1. The number of hydrogen-bond acceptors (Lipinski definition) is 3. The number of aromatic carboxylic acids is 1. The van der Waals surface area contributed by atoms with Crippen LogP contribution in [0.2, 0.25) is 5.02 Å². The van der Waals surface area contributed by atoms with Gasteiger partial charge in [-0.2, -0.15) is 0 Å². The quantitative estimate of drug-likeness (QED) is 0.786. The van der Waals surface area contributed by atoms with Crippen LogP contribution in [0.4, 0.5) is 5.69 Å². The lowest BCUT2D eigenvalue weighted by molar-refractivity contribution is 0.0656. The molecule has 0 radical (unpaired) electrons. The third-order valence-corrected chi connectivity index (χ3v) is 3.62. The van der Waals surface area contributed by atoms with Crippen molar-refractivity contribution < 1.29 is 14.6 Å². The summed E-state index contributed by atoms with van der Waals surface area (Å²) in [6.45, 7) is 1.16. The fourth-order valence-corrected chi connectivity index (χ4v) is 2.61. The van der Waals surface area contributed by atoms with Crippen LogP contribution in [0.5, 0.6) is 0 Å². The third kappa shape index (κ3) is 3.85. The molecule has 0 atom stereocenters. The Morgan fingerprint density at radius 3 is 2.84 bits per heavy atom. The lowest BCUT2D eigenvalue weighted by Gasteiger charge is -2.13. The Balaban J connectivity index is 1.85. The Labute approximate surface area is 117 Å². The second-order valence-electron chi connectivity index (χ2n) is 4.67. The predicted octanol–water partition coefficient (Wildman–Crippen LogP) is 3.41. The minimum Gasteiger partial charge on any atom is -0.478 e. The number of rotatable bonds is 6. The molecular weight excluding hydrogens is 266 g/mol. The molecule has 2 N–H and O–H groups in total. The van der Waals surface area contributed by atoms with E-state index in [1.807, 2.05) is 0 Å². The summed E-state index contributed by atoms with van der Waals surface area (Å²) >= 11 is 5.89. The molecule has 2 rings (SSSR count). The number of carbonyl (C=O) groups is 1. The van der Waals surface area contributed by atoms with E-state index in [0.717, 1.165) is 12.8 Å². The van der Waals surface area contributed by atoms with Crippen LogP contribution in [0, 0.1) is 0 Å². The highest BCUT2D eigenvalue weighted by Crippen LogP contribution is 2.24. The molecule has 0 aliphatic heterocycles. The Morgan fingerprint density at radius 2 is 2.16 bits per heavy atom. The first kappa shape index (κ1) is 14.2. The monoisotopic (exact) mass is 283 g/mol. The molecule has 1 aromatic rings. The first-order chi connectivity index (χ1) is 9.18. The molecule has 1 aliphatic carbocycles. The molecule has 0 saturated heterocycles. The van der Waals surface area contributed by atoms with Crippen LogP contribution in [-0.4, -0.2) is 30.3 Å². The average Bonchev–Trinajstić information content (AvgIpc) is 2.87. The first-order valence-electron chi connectivity index (χ1n) is 6.56. The molecule has 4 nitrogen and oxygen atoms in total. The predicted molar refractivity (Wildman–Crippen MR) is 75.1 cm³/mol. The maximum atomic E-state index is 11.1. The summed E-state index contributed by atoms with van der Waals surface area (Å²) in [5, 5.41) is 12.4. The average molecular weight is 284 g/mol. The standard InChI is InChI=1S/C14H18ClNO3/c15-11-6-3-7-12(13(11)14(17)18)16-8-9-19-10-4-1-2-5-10/h3,6-7,10,16H,1-2,4-5,8-9H2,(H,17,18). The van der Waals surface area contributed by atoms with Gasteiger partial charge in [-0.3, -0.25) is 0 Å². The van der Waals surface area contributed by atoms with Gasteiger partial charge in [0.2, 0.25) is 0 Å². The van der Waals surface area contributed by atoms with Crippen molar-refractivity contribution in [1.82, 2.24) is 0 Å². The number of nitrogens with one attached hydrogen (secondary N) is 1. The summed E-state index contributed by atoms with van der Waals surface area (Å²) < 4.78 is 5.71. The van der Waals surface area contributed by atoms with E-state index in [4.69, 9.17) is 21.4 Å². The number of anilines is 1. The lowest BCUT2D eigenvalue weighted by Crippen LogP contribution is -2.16. The SMILES string of the molecule is O=C(O)c1c(Cl)cccc1NCCOC1CCCC1. The zero-order valence-corrected chi connectivity index (χ0v) is 11.4. The van der Waals surface area contributed by atoms with Crippen LogP contribution in [0.25, 0.3) is 0 Å². The number of hydrogen-bond donors (Lipinski definition) is 2. The van der Waals surface area contributed by atoms with Gasteiger partial charge in [-0.1, -0.05) is 30.5 Å². The summed E-state index contributed by atoms with van der Waals surface area (Å²) in [6, 6.07) is 5.02. The highest BCUT2D eigenvalue weighted by molar-refractivity contribution is 6.34. The Hall–Kier alpha value is -1.26. The van der Waals surface area contributed by atoms with Crippen molar-refractivity contribution in [2.45, 2.75) is 31.8 Å². The molecule has 5 heteroatoms. The molecule has 0 bridgehead atoms. The molecule has 1 aliphatic rings. The fraction of sp³-hybridized carbons (Fsp3) is 0.500. The van der Waals surface area contributed by atoms with Crippen molar-refractivity contribution in [3.63, 3.8) is 0 Å². The Kier molecular flexibility index (Phi) is 5.05. The molecule has 1 saturated carbocycles. The molecular formula is C14H18ClNO3. The van der Waals surface area contributed by atoms with Gasteiger partial charge in [0, 0.05) is 6.54 Å². The molecule has 104 valence electrons. The van der Waals surface area contributed by atoms with E-state index in [2.05, 4.69) is 5.32 Å². The zero-order valence-electron chi connectivity index (χ0n) is 10.7. The maximum Gasteiger partial charge on any atom is 0.339 e. The number of carboxylic acid groups (broad SMARTS) is 1. The van der Waals surface area contributed by atoms with E-state index in [1.165, 1.54) is 12.8 Å². The van der Waals surface area contributed by atoms with Crippen LogP contribution in [0.3, 0.4) is 0 Å². The molecule has 0 heterocycles. The topological polar surface area (TPSA) is 58.6 Å². The van der Waals surface area contributed by atoms with Crippen molar-refractivity contribution in [1.29, 1.82) is 0 Å². The van der Waals surface area contributed by atoms with Crippen LogP contribution in [0.1, 0.15) is 36.0 Å². The van der Waals surface area contributed by atoms with Crippen molar-refractivity contribution in [3.8, 4) is 0 Å².